The SMILES string of the molecule is COc1cc(-c2cn(C)c(=O)c3cnccc23)cc(OC)c1C(=O)N1CCc2c(CC3CCN(c4ccc(NC5CCC(=O)NC5=O)cc4C(F)(F)F)CC3)cccc2C1. The van der Waals surface area contributed by atoms with Crippen LogP contribution in [-0.4, -0.2) is 72.1 Å². The summed E-state index contributed by atoms with van der Waals surface area (Å²) in [4.78, 5) is 58.6. The lowest BCUT2D eigenvalue weighted by molar-refractivity contribution is -0.137. The number of amides is 3. The molecule has 5 aromatic rings. The van der Waals surface area contributed by atoms with Crippen LogP contribution in [0.1, 0.15) is 58.3 Å². The Labute approximate surface area is 344 Å². The van der Waals surface area contributed by atoms with Gasteiger partial charge in [-0.15, -0.1) is 0 Å². The third-order valence-corrected chi connectivity index (χ3v) is 12.0. The highest BCUT2D eigenvalue weighted by Gasteiger charge is 2.37. The highest BCUT2D eigenvalue weighted by molar-refractivity contribution is 6.03. The van der Waals surface area contributed by atoms with Gasteiger partial charge in [-0.3, -0.25) is 29.5 Å². The minimum absolute atomic E-state index is 0.109. The molecule has 0 aliphatic carbocycles. The first kappa shape index (κ1) is 40.4. The monoisotopic (exact) mass is 822 g/mol. The number of rotatable bonds is 9. The number of hydrogen-bond acceptors (Lipinski definition) is 9. The largest absolute Gasteiger partial charge is 0.496 e. The smallest absolute Gasteiger partial charge is 0.418 e. The topological polar surface area (TPSA) is 135 Å². The Bertz CT molecular complexity index is 2540. The molecule has 2 saturated heterocycles. The lowest BCUT2D eigenvalue weighted by Gasteiger charge is -2.36. The van der Waals surface area contributed by atoms with Crippen molar-refractivity contribution < 1.29 is 37.0 Å². The van der Waals surface area contributed by atoms with Crippen LogP contribution in [0.3, 0.4) is 0 Å². The van der Waals surface area contributed by atoms with E-state index in [1.807, 2.05) is 12.1 Å². The molecule has 312 valence electrons. The van der Waals surface area contributed by atoms with E-state index in [1.54, 1.807) is 59.7 Å². The number of carbonyl (C=O) groups excluding carboxylic acids is 3. The van der Waals surface area contributed by atoms with Gasteiger partial charge in [-0.2, -0.15) is 13.2 Å². The van der Waals surface area contributed by atoms with Crippen LogP contribution in [0.5, 0.6) is 11.5 Å². The zero-order valence-electron chi connectivity index (χ0n) is 33.5. The van der Waals surface area contributed by atoms with Gasteiger partial charge in [-0.25, -0.2) is 0 Å². The van der Waals surface area contributed by atoms with Crippen LogP contribution < -0.4 is 30.6 Å². The van der Waals surface area contributed by atoms with Gasteiger partial charge in [0.05, 0.1) is 25.2 Å². The fourth-order valence-electron chi connectivity index (χ4n) is 8.88. The summed E-state index contributed by atoms with van der Waals surface area (Å²) in [6.07, 6.45) is 3.49. The number of halogens is 3. The third-order valence-electron chi connectivity index (χ3n) is 12.0. The molecule has 3 aliphatic heterocycles. The number of aryl methyl sites for hydroxylation is 1. The van der Waals surface area contributed by atoms with E-state index in [0.29, 0.717) is 78.8 Å². The Kier molecular flexibility index (Phi) is 11.0. The number of hydrogen-bond donors (Lipinski definition) is 2. The Morgan fingerprint density at radius 1 is 0.933 bits per heavy atom. The van der Waals surface area contributed by atoms with Crippen molar-refractivity contribution in [1.82, 2.24) is 19.8 Å². The summed E-state index contributed by atoms with van der Waals surface area (Å²) in [6.45, 7) is 1.79. The molecule has 8 rings (SSSR count). The molecule has 2 aromatic heterocycles. The minimum Gasteiger partial charge on any atom is -0.496 e. The zero-order chi connectivity index (χ0) is 42.3. The van der Waals surface area contributed by atoms with E-state index in [1.165, 1.54) is 36.0 Å². The number of anilines is 2. The molecule has 3 aromatic carbocycles. The van der Waals surface area contributed by atoms with Crippen LogP contribution in [0.15, 0.2) is 78.0 Å². The summed E-state index contributed by atoms with van der Waals surface area (Å²) in [5.74, 6) is -0.216. The number of fused-ring (bicyclic) bond motifs is 2. The number of benzene rings is 3. The molecule has 1 unspecified atom stereocenters. The number of nitrogens with one attached hydrogen (secondary N) is 2. The van der Waals surface area contributed by atoms with Gasteiger partial charge in [0, 0.05) is 75.2 Å². The van der Waals surface area contributed by atoms with Crippen LogP contribution in [0.25, 0.3) is 21.9 Å². The number of nitrogens with zero attached hydrogens (tertiary/aromatic N) is 4. The van der Waals surface area contributed by atoms with Crippen molar-refractivity contribution in [2.45, 2.75) is 57.3 Å². The molecule has 12 nitrogen and oxygen atoms in total. The first-order chi connectivity index (χ1) is 28.8. The predicted octanol–water partition coefficient (Wildman–Crippen LogP) is 6.51. The van der Waals surface area contributed by atoms with E-state index in [4.69, 9.17) is 9.47 Å². The van der Waals surface area contributed by atoms with E-state index in [9.17, 15) is 32.3 Å². The molecule has 0 radical (unpaired) electrons. The molecule has 5 heterocycles. The van der Waals surface area contributed by atoms with Crippen molar-refractivity contribution >= 4 is 39.9 Å². The van der Waals surface area contributed by atoms with Gasteiger partial charge in [-0.05, 0) is 102 Å². The maximum atomic E-state index is 14.4. The molecular formula is C45H45F3N6O6. The van der Waals surface area contributed by atoms with E-state index in [0.717, 1.165) is 23.6 Å². The van der Waals surface area contributed by atoms with Crippen molar-refractivity contribution in [1.29, 1.82) is 0 Å². The molecule has 2 N–H and O–H groups in total. The minimum atomic E-state index is -4.61. The number of methoxy groups -OCH3 is 2. The number of aromatic nitrogens is 2. The quantitative estimate of drug-likeness (QED) is 0.160. The number of piperidine rings is 2. The van der Waals surface area contributed by atoms with Gasteiger partial charge in [-0.1, -0.05) is 18.2 Å². The van der Waals surface area contributed by atoms with Crippen molar-refractivity contribution in [3.05, 3.63) is 111 Å². The van der Waals surface area contributed by atoms with Crippen LogP contribution in [0, 0.1) is 5.92 Å². The maximum Gasteiger partial charge on any atom is 0.418 e. The summed E-state index contributed by atoms with van der Waals surface area (Å²) in [7, 11) is 4.70. The summed E-state index contributed by atoms with van der Waals surface area (Å²) in [6, 6.07) is 14.8. The molecule has 0 saturated carbocycles. The van der Waals surface area contributed by atoms with Gasteiger partial charge >= 0.3 is 6.18 Å². The predicted molar refractivity (Wildman–Crippen MR) is 220 cm³/mol. The van der Waals surface area contributed by atoms with Gasteiger partial charge in [0.15, 0.2) is 0 Å². The standard InChI is InChI=1S/C45H45F3N6O6/c1-52-25-34(32-11-15-49-23-33(32)43(52)57)29-20-38(59-2)41(39(21-29)60-3)44(58)54-18-14-31-27(5-4-6-28(31)24-54)19-26-12-16-53(17-13-26)37-9-7-30(22-35(37)45(46,47)48)50-36-8-10-40(55)51-42(36)56/h4-7,9,11,15,20-23,25-26,36,50H,8,10,12-14,16-19,24H2,1-3H3,(H,51,55,56). The Morgan fingerprint density at radius 3 is 2.38 bits per heavy atom. The van der Waals surface area contributed by atoms with E-state index in [2.05, 4.69) is 21.7 Å². The molecular weight excluding hydrogens is 778 g/mol. The lowest BCUT2D eigenvalue weighted by atomic mass is 9.85. The molecule has 60 heavy (non-hydrogen) atoms. The molecule has 15 heteroatoms. The summed E-state index contributed by atoms with van der Waals surface area (Å²) >= 11 is 0. The molecule has 3 amide bonds. The van der Waals surface area contributed by atoms with Crippen LogP contribution >= 0.6 is 0 Å². The van der Waals surface area contributed by atoms with Crippen molar-refractivity contribution in [3.8, 4) is 22.6 Å². The van der Waals surface area contributed by atoms with Crippen molar-refractivity contribution in [2.75, 3.05) is 44.1 Å². The fourth-order valence-corrected chi connectivity index (χ4v) is 8.88. The van der Waals surface area contributed by atoms with Gasteiger partial charge in [0.1, 0.15) is 23.1 Å². The maximum absolute atomic E-state index is 14.4. The zero-order valence-corrected chi connectivity index (χ0v) is 33.5. The number of pyridine rings is 2. The molecule has 2 fully saturated rings. The number of alkyl halides is 3. The van der Waals surface area contributed by atoms with Crippen LogP contribution in [-0.2, 0) is 42.2 Å². The third kappa shape index (κ3) is 7.87. The van der Waals surface area contributed by atoms with E-state index < -0.39 is 29.6 Å². The number of ether oxygens (including phenoxy) is 2. The summed E-state index contributed by atoms with van der Waals surface area (Å²) in [5, 5.41) is 6.28. The molecule has 0 bridgehead atoms. The highest BCUT2D eigenvalue weighted by Crippen LogP contribution is 2.41. The highest BCUT2D eigenvalue weighted by atomic mass is 19.4. The van der Waals surface area contributed by atoms with E-state index in [-0.39, 0.29) is 41.6 Å². The van der Waals surface area contributed by atoms with Crippen molar-refractivity contribution in [2.24, 2.45) is 13.0 Å². The first-order valence-corrected chi connectivity index (χ1v) is 20.0. The normalized spacial score (nSPS) is 17.3. The molecule has 0 spiro atoms. The van der Waals surface area contributed by atoms with Gasteiger partial charge in [0.2, 0.25) is 11.8 Å². The molecule has 3 aliphatic rings. The van der Waals surface area contributed by atoms with Crippen molar-refractivity contribution in [3.63, 3.8) is 0 Å². The Morgan fingerprint density at radius 2 is 1.68 bits per heavy atom. The second-order valence-electron chi connectivity index (χ2n) is 15.7. The first-order valence-electron chi connectivity index (χ1n) is 20.0. The van der Waals surface area contributed by atoms with Crippen LogP contribution in [0.4, 0.5) is 24.5 Å². The lowest BCUT2D eigenvalue weighted by Crippen LogP contribution is -2.47. The second-order valence-corrected chi connectivity index (χ2v) is 15.7. The number of imide groups is 1. The average Bonchev–Trinajstić information content (AvgIpc) is 3.25. The average molecular weight is 823 g/mol. The summed E-state index contributed by atoms with van der Waals surface area (Å²) < 4.78 is 56.3. The van der Waals surface area contributed by atoms with E-state index >= 15 is 0 Å². The van der Waals surface area contributed by atoms with Gasteiger partial charge < -0.3 is 29.2 Å². The number of carbonyl (C=O) groups is 3. The summed E-state index contributed by atoms with van der Waals surface area (Å²) in [5.41, 5.74) is 4.56. The van der Waals surface area contributed by atoms with Gasteiger partial charge in [0.25, 0.3) is 11.5 Å². The Hall–Kier alpha value is -6.38. The Balaban J connectivity index is 0.953. The molecule has 1 atom stereocenters. The fraction of sp³-hybridized carbons (Fsp3) is 0.356. The van der Waals surface area contributed by atoms with Crippen LogP contribution in [0.2, 0.25) is 0 Å². The second kappa shape index (κ2) is 16.3.